The van der Waals surface area contributed by atoms with Crippen molar-refractivity contribution in [2.24, 2.45) is 0 Å². The van der Waals surface area contributed by atoms with E-state index in [-0.39, 0.29) is 24.0 Å². The Kier molecular flexibility index (Phi) is 6.54. The van der Waals surface area contributed by atoms with Crippen LogP contribution in [0, 0.1) is 19.7 Å². The van der Waals surface area contributed by atoms with Crippen LogP contribution >= 0.6 is 0 Å². The van der Waals surface area contributed by atoms with Crippen molar-refractivity contribution in [1.82, 2.24) is 9.88 Å². The smallest absolute Gasteiger partial charge is 0.321 e. The van der Waals surface area contributed by atoms with Crippen LogP contribution in [0.25, 0.3) is 10.9 Å². The summed E-state index contributed by atoms with van der Waals surface area (Å²) in [6, 6.07) is 21.1. The van der Waals surface area contributed by atoms with Crippen molar-refractivity contribution in [2.45, 2.75) is 26.8 Å². The average Bonchev–Trinajstić information content (AvgIpc) is 2.79. The van der Waals surface area contributed by atoms with Crippen LogP contribution in [0.3, 0.4) is 0 Å². The van der Waals surface area contributed by atoms with E-state index in [4.69, 9.17) is 0 Å². The number of nitrogens with one attached hydrogen (secondary N) is 2. The first-order chi connectivity index (χ1) is 15.9. The molecule has 4 rings (SSSR count). The van der Waals surface area contributed by atoms with Gasteiger partial charge in [-0.25, -0.2) is 9.18 Å². The SMILES string of the molecule is Cc1cccc(CCN(Cc2cc3cccc(C)c3[nH]c2=O)C(=O)Nc2ccc(F)cc2)c1. The second kappa shape index (κ2) is 9.69. The van der Waals surface area contributed by atoms with Gasteiger partial charge < -0.3 is 15.2 Å². The Labute approximate surface area is 191 Å². The second-order valence-corrected chi connectivity index (χ2v) is 8.26. The third kappa shape index (κ3) is 5.47. The number of carbonyl (C=O) groups excluding carboxylic acids is 1. The number of carbonyl (C=O) groups is 1. The lowest BCUT2D eigenvalue weighted by Gasteiger charge is -2.23. The molecule has 0 aliphatic heterocycles. The first-order valence-electron chi connectivity index (χ1n) is 10.9. The van der Waals surface area contributed by atoms with E-state index in [2.05, 4.69) is 16.4 Å². The molecule has 3 aromatic carbocycles. The highest BCUT2D eigenvalue weighted by molar-refractivity contribution is 5.89. The number of nitrogens with zero attached hydrogens (tertiary/aromatic N) is 1. The zero-order valence-corrected chi connectivity index (χ0v) is 18.7. The summed E-state index contributed by atoms with van der Waals surface area (Å²) in [7, 11) is 0. The van der Waals surface area contributed by atoms with E-state index >= 15 is 0 Å². The van der Waals surface area contributed by atoms with Gasteiger partial charge in [-0.1, -0.05) is 48.0 Å². The van der Waals surface area contributed by atoms with E-state index in [1.807, 2.05) is 56.3 Å². The third-order valence-electron chi connectivity index (χ3n) is 5.66. The maximum atomic E-state index is 13.3. The average molecular weight is 444 g/mol. The van der Waals surface area contributed by atoms with Crippen LogP contribution in [0.4, 0.5) is 14.9 Å². The summed E-state index contributed by atoms with van der Waals surface area (Å²) in [5.74, 6) is -0.373. The van der Waals surface area contributed by atoms with Gasteiger partial charge in [0, 0.05) is 17.8 Å². The Bertz CT molecular complexity index is 1350. The topological polar surface area (TPSA) is 65.2 Å². The second-order valence-electron chi connectivity index (χ2n) is 8.26. The first-order valence-corrected chi connectivity index (χ1v) is 10.9. The predicted molar refractivity (Wildman–Crippen MR) is 130 cm³/mol. The number of amides is 2. The Hall–Kier alpha value is -3.93. The lowest BCUT2D eigenvalue weighted by Crippen LogP contribution is -2.37. The minimum absolute atomic E-state index is 0.151. The number of hydrogen-bond acceptors (Lipinski definition) is 2. The van der Waals surface area contributed by atoms with Crippen LogP contribution in [0.5, 0.6) is 0 Å². The molecule has 1 heterocycles. The summed E-state index contributed by atoms with van der Waals surface area (Å²) in [6.07, 6.45) is 0.642. The number of fused-ring (bicyclic) bond motifs is 1. The highest BCUT2D eigenvalue weighted by atomic mass is 19.1. The molecule has 4 aromatic rings. The molecule has 1 aromatic heterocycles. The fourth-order valence-corrected chi connectivity index (χ4v) is 3.87. The van der Waals surface area contributed by atoms with E-state index in [1.165, 1.54) is 24.3 Å². The number of hydrogen-bond donors (Lipinski definition) is 2. The quantitative estimate of drug-likeness (QED) is 0.410. The minimum atomic E-state index is -0.373. The highest BCUT2D eigenvalue weighted by Crippen LogP contribution is 2.17. The lowest BCUT2D eigenvalue weighted by molar-refractivity contribution is 0.209. The predicted octanol–water partition coefficient (Wildman–Crippen LogP) is 5.56. The Balaban J connectivity index is 1.60. The molecule has 0 atom stereocenters. The van der Waals surface area contributed by atoms with Gasteiger partial charge in [0.15, 0.2) is 0 Å². The molecule has 2 amide bonds. The van der Waals surface area contributed by atoms with Crippen LogP contribution in [0.2, 0.25) is 0 Å². The maximum Gasteiger partial charge on any atom is 0.322 e. The fourth-order valence-electron chi connectivity index (χ4n) is 3.87. The molecule has 0 bridgehead atoms. The number of rotatable bonds is 6. The van der Waals surface area contributed by atoms with Gasteiger partial charge in [0.05, 0.1) is 12.1 Å². The molecule has 0 aliphatic rings. The monoisotopic (exact) mass is 443 g/mol. The van der Waals surface area contributed by atoms with Crippen molar-refractivity contribution in [2.75, 3.05) is 11.9 Å². The lowest BCUT2D eigenvalue weighted by atomic mass is 10.1. The van der Waals surface area contributed by atoms with Gasteiger partial charge in [0.2, 0.25) is 0 Å². The number of aryl methyl sites for hydroxylation is 2. The van der Waals surface area contributed by atoms with Crippen LogP contribution in [0.1, 0.15) is 22.3 Å². The summed E-state index contributed by atoms with van der Waals surface area (Å²) in [6.45, 7) is 4.54. The molecule has 0 spiro atoms. The maximum absolute atomic E-state index is 13.3. The molecule has 5 nitrogen and oxygen atoms in total. The van der Waals surface area contributed by atoms with Crippen LogP contribution in [-0.2, 0) is 13.0 Å². The molecule has 0 saturated carbocycles. The Morgan fingerprint density at radius 2 is 1.76 bits per heavy atom. The molecule has 0 radical (unpaired) electrons. The van der Waals surface area contributed by atoms with Crippen molar-refractivity contribution in [3.8, 4) is 0 Å². The number of benzene rings is 3. The molecular weight excluding hydrogens is 417 g/mol. The first kappa shape index (κ1) is 22.3. The van der Waals surface area contributed by atoms with Gasteiger partial charge in [0.25, 0.3) is 5.56 Å². The number of anilines is 1. The Morgan fingerprint density at radius 1 is 1.00 bits per heavy atom. The molecule has 0 unspecified atom stereocenters. The number of pyridine rings is 1. The van der Waals surface area contributed by atoms with Crippen LogP contribution < -0.4 is 10.9 Å². The largest absolute Gasteiger partial charge is 0.322 e. The van der Waals surface area contributed by atoms with Crippen LogP contribution in [0.15, 0.2) is 77.6 Å². The van der Waals surface area contributed by atoms with Crippen molar-refractivity contribution in [3.05, 3.63) is 111 Å². The van der Waals surface area contributed by atoms with Crippen molar-refractivity contribution in [1.29, 1.82) is 0 Å². The van der Waals surface area contributed by atoms with Gasteiger partial charge in [0.1, 0.15) is 5.82 Å². The number of halogens is 1. The van der Waals surface area contributed by atoms with E-state index in [0.29, 0.717) is 24.2 Å². The van der Waals surface area contributed by atoms with Gasteiger partial charge in [-0.05, 0) is 67.1 Å². The fraction of sp³-hybridized carbons (Fsp3) is 0.185. The van der Waals surface area contributed by atoms with Crippen molar-refractivity contribution in [3.63, 3.8) is 0 Å². The van der Waals surface area contributed by atoms with Gasteiger partial charge >= 0.3 is 6.03 Å². The molecule has 0 fully saturated rings. The van der Waals surface area contributed by atoms with E-state index in [9.17, 15) is 14.0 Å². The zero-order valence-electron chi connectivity index (χ0n) is 18.7. The number of para-hydroxylation sites is 1. The van der Waals surface area contributed by atoms with Crippen LogP contribution in [-0.4, -0.2) is 22.5 Å². The molecule has 168 valence electrons. The van der Waals surface area contributed by atoms with Gasteiger partial charge in [-0.3, -0.25) is 4.79 Å². The summed E-state index contributed by atoms with van der Waals surface area (Å²) in [4.78, 5) is 30.5. The van der Waals surface area contributed by atoms with Crippen molar-refractivity contribution >= 4 is 22.6 Å². The number of aromatic amines is 1. The summed E-state index contributed by atoms with van der Waals surface area (Å²) >= 11 is 0. The summed E-state index contributed by atoms with van der Waals surface area (Å²) < 4.78 is 13.3. The standard InChI is InChI=1S/C27H26FN3O2/c1-18-5-3-7-20(15-18)13-14-31(27(33)29-24-11-9-23(28)10-12-24)17-22-16-21-8-4-6-19(2)25(21)30-26(22)32/h3-12,15-16H,13-14,17H2,1-2H3,(H,29,33)(H,30,32). The minimum Gasteiger partial charge on any atom is -0.321 e. The molecule has 0 saturated heterocycles. The molecule has 33 heavy (non-hydrogen) atoms. The summed E-state index contributed by atoms with van der Waals surface area (Å²) in [5.41, 5.74) is 4.83. The summed E-state index contributed by atoms with van der Waals surface area (Å²) in [5, 5.41) is 3.73. The molecular formula is C27H26FN3O2. The molecule has 2 N–H and O–H groups in total. The number of urea groups is 1. The van der Waals surface area contributed by atoms with E-state index < -0.39 is 0 Å². The third-order valence-corrected chi connectivity index (χ3v) is 5.66. The Morgan fingerprint density at radius 3 is 2.52 bits per heavy atom. The highest BCUT2D eigenvalue weighted by Gasteiger charge is 2.17. The number of H-pyrrole nitrogens is 1. The molecule has 0 aliphatic carbocycles. The number of aromatic nitrogens is 1. The van der Waals surface area contributed by atoms with E-state index in [1.54, 1.807) is 4.90 Å². The van der Waals surface area contributed by atoms with Crippen molar-refractivity contribution < 1.29 is 9.18 Å². The van der Waals surface area contributed by atoms with Gasteiger partial charge in [-0.15, -0.1) is 0 Å². The van der Waals surface area contributed by atoms with E-state index in [0.717, 1.165) is 27.6 Å². The normalized spacial score (nSPS) is 10.9. The van der Waals surface area contributed by atoms with Gasteiger partial charge in [-0.2, -0.15) is 0 Å². The molecule has 6 heteroatoms. The zero-order chi connectivity index (χ0) is 23.4.